The van der Waals surface area contributed by atoms with E-state index in [-0.39, 0.29) is 52.6 Å². The van der Waals surface area contributed by atoms with Crippen molar-refractivity contribution in [2.45, 2.75) is 9.79 Å². The Labute approximate surface area is 341 Å². The van der Waals surface area contributed by atoms with Crippen molar-refractivity contribution >= 4 is 105 Å². The van der Waals surface area contributed by atoms with Crippen LogP contribution < -0.4 is 0 Å². The lowest BCUT2D eigenvalue weighted by atomic mass is 9.98. The number of carbonyl (C=O) groups is 2. The van der Waals surface area contributed by atoms with Crippen molar-refractivity contribution in [2.75, 3.05) is 52.6 Å². The summed E-state index contributed by atoms with van der Waals surface area (Å²) in [5.41, 5.74) is 3.27. The second-order valence-electron chi connectivity index (χ2n) is 11.2. The summed E-state index contributed by atoms with van der Waals surface area (Å²) in [6.07, 6.45) is 5.84. The van der Waals surface area contributed by atoms with E-state index in [1.54, 1.807) is 72.8 Å². The Morgan fingerprint density at radius 3 is 1.23 bits per heavy atom. The summed E-state index contributed by atoms with van der Waals surface area (Å²) >= 11 is 41.4. The summed E-state index contributed by atoms with van der Waals surface area (Å²) in [4.78, 5) is 29.7. The van der Waals surface area contributed by atoms with Gasteiger partial charge in [-0.05, 0) is 59.7 Å². The molecular weight excluding hydrogens is 825 g/mol. The van der Waals surface area contributed by atoms with E-state index in [0.717, 1.165) is 0 Å². The molecular formula is C38H34Cl6N2O6S. The van der Waals surface area contributed by atoms with Gasteiger partial charge in [-0.15, -0.1) is 0 Å². The SMILES string of the molecule is O=C(/C=C/c1ccc(Sc2ccc(/C=C/C(=O)N(CCO)CCO)c(-c3ccc(Cl)cc3Cl)c2Cl)c(Cl)c1-c1ccc(Cl)cc1Cl)N(CCO)CCO. The van der Waals surface area contributed by atoms with Crippen LogP contribution >= 0.6 is 81.4 Å². The molecule has 8 nitrogen and oxygen atoms in total. The van der Waals surface area contributed by atoms with Crippen LogP contribution in [0.2, 0.25) is 30.1 Å². The summed E-state index contributed by atoms with van der Waals surface area (Å²) in [6, 6.07) is 17.1. The molecule has 0 atom stereocenters. The van der Waals surface area contributed by atoms with E-state index in [0.29, 0.717) is 73.3 Å². The Balaban J connectivity index is 1.84. The van der Waals surface area contributed by atoms with Gasteiger partial charge in [-0.25, -0.2) is 0 Å². The molecule has 0 heterocycles. The molecule has 0 unspecified atom stereocenters. The van der Waals surface area contributed by atoms with E-state index >= 15 is 0 Å². The molecule has 0 saturated carbocycles. The minimum atomic E-state index is -0.415. The highest BCUT2D eigenvalue weighted by Crippen LogP contribution is 2.48. The summed E-state index contributed by atoms with van der Waals surface area (Å²) in [7, 11) is 0. The van der Waals surface area contributed by atoms with Crippen LogP contribution in [0, 0.1) is 0 Å². The molecule has 0 bridgehead atoms. The molecule has 0 aromatic heterocycles. The van der Waals surface area contributed by atoms with Crippen molar-refractivity contribution in [1.29, 1.82) is 0 Å². The average molecular weight is 859 g/mol. The number of benzene rings is 4. The molecule has 2 amide bonds. The normalized spacial score (nSPS) is 11.5. The molecule has 280 valence electrons. The lowest BCUT2D eigenvalue weighted by molar-refractivity contribution is -0.127. The van der Waals surface area contributed by atoms with Gasteiger partial charge in [-0.3, -0.25) is 9.59 Å². The van der Waals surface area contributed by atoms with Gasteiger partial charge in [0.1, 0.15) is 0 Å². The van der Waals surface area contributed by atoms with E-state index in [4.69, 9.17) is 69.6 Å². The summed E-state index contributed by atoms with van der Waals surface area (Å²) < 4.78 is 0. The van der Waals surface area contributed by atoms with Gasteiger partial charge in [-0.1, -0.05) is 106 Å². The summed E-state index contributed by atoms with van der Waals surface area (Å²) in [6.45, 7) is -0.844. The molecule has 4 aromatic carbocycles. The van der Waals surface area contributed by atoms with Gasteiger partial charge < -0.3 is 30.2 Å². The number of halogens is 6. The molecule has 0 aliphatic heterocycles. The molecule has 0 fully saturated rings. The number of rotatable bonds is 16. The van der Waals surface area contributed by atoms with Gasteiger partial charge in [0, 0.05) is 90.5 Å². The number of aliphatic hydroxyl groups excluding tert-OH is 4. The zero-order chi connectivity index (χ0) is 38.7. The minimum absolute atomic E-state index is 0.0523. The van der Waals surface area contributed by atoms with Crippen molar-refractivity contribution in [1.82, 2.24) is 9.80 Å². The molecule has 4 aromatic rings. The van der Waals surface area contributed by atoms with E-state index in [1.807, 2.05) is 0 Å². The highest BCUT2D eigenvalue weighted by atomic mass is 35.5. The fourth-order valence-electron chi connectivity index (χ4n) is 5.31. The summed E-state index contributed by atoms with van der Waals surface area (Å²) in [5.74, 6) is -0.831. The highest BCUT2D eigenvalue weighted by Gasteiger charge is 2.21. The fraction of sp³-hybridized carbons (Fsp3) is 0.211. The van der Waals surface area contributed by atoms with Crippen molar-refractivity contribution in [3.63, 3.8) is 0 Å². The van der Waals surface area contributed by atoms with Gasteiger partial charge in [0.05, 0.1) is 36.5 Å². The van der Waals surface area contributed by atoms with Crippen molar-refractivity contribution < 1.29 is 30.0 Å². The molecule has 0 saturated heterocycles. The molecule has 53 heavy (non-hydrogen) atoms. The maximum absolute atomic E-state index is 12.9. The number of nitrogens with zero attached hydrogens (tertiary/aromatic N) is 2. The lowest BCUT2D eigenvalue weighted by Crippen LogP contribution is -2.34. The Hall–Kier alpha value is -2.77. The van der Waals surface area contributed by atoms with Crippen molar-refractivity contribution in [2.24, 2.45) is 0 Å². The van der Waals surface area contributed by atoms with Gasteiger partial charge >= 0.3 is 0 Å². The van der Waals surface area contributed by atoms with E-state index in [2.05, 4.69) is 0 Å². The molecule has 4 N–H and O–H groups in total. The van der Waals surface area contributed by atoms with Crippen molar-refractivity contribution in [3.8, 4) is 22.3 Å². The van der Waals surface area contributed by atoms with Crippen LogP contribution in [-0.2, 0) is 9.59 Å². The predicted octanol–water partition coefficient (Wildman–Crippen LogP) is 8.74. The standard InChI is InChI=1S/C38H34Cl6N2O6S/c39-25-5-7-27(29(41)21-25)35-23(3-11-33(51)45(13-17-47)14-18-48)1-9-31(37(35)43)53-32-10-2-24(4-12-34(52)46(15-19-49)16-20-50)36(38(32)44)28-8-6-26(40)22-30(28)42/h1-12,21-22,47-50H,13-20H2/b11-3+,12-4+. The highest BCUT2D eigenvalue weighted by molar-refractivity contribution is 7.99. The van der Waals surface area contributed by atoms with Crippen LogP contribution in [0.5, 0.6) is 0 Å². The van der Waals surface area contributed by atoms with E-state index < -0.39 is 11.8 Å². The third-order valence-electron chi connectivity index (χ3n) is 7.81. The fourth-order valence-corrected chi connectivity index (χ4v) is 7.99. The first-order chi connectivity index (χ1) is 25.4. The number of aliphatic hydroxyl groups is 4. The smallest absolute Gasteiger partial charge is 0.246 e. The topological polar surface area (TPSA) is 122 Å². The third-order valence-corrected chi connectivity index (χ3v) is 11.0. The van der Waals surface area contributed by atoms with E-state index in [9.17, 15) is 30.0 Å². The lowest BCUT2D eigenvalue weighted by Gasteiger charge is -2.19. The number of hydrogen-bond donors (Lipinski definition) is 4. The maximum Gasteiger partial charge on any atom is 0.246 e. The van der Waals surface area contributed by atoms with E-state index in [1.165, 1.54) is 33.7 Å². The first-order valence-corrected chi connectivity index (χ1v) is 19.1. The Kier molecular flexibility index (Phi) is 16.8. The van der Waals surface area contributed by atoms with Gasteiger partial charge in [-0.2, -0.15) is 0 Å². The largest absolute Gasteiger partial charge is 0.395 e. The van der Waals surface area contributed by atoms with Crippen LogP contribution in [0.4, 0.5) is 0 Å². The van der Waals surface area contributed by atoms with Crippen LogP contribution in [0.1, 0.15) is 11.1 Å². The monoisotopic (exact) mass is 856 g/mol. The van der Waals surface area contributed by atoms with Gasteiger partial charge in [0.2, 0.25) is 11.8 Å². The third kappa shape index (κ3) is 11.2. The molecule has 0 radical (unpaired) electrons. The second-order valence-corrected chi connectivity index (χ2v) is 14.8. The molecule has 0 aliphatic carbocycles. The second kappa shape index (κ2) is 20.8. The van der Waals surface area contributed by atoms with Crippen molar-refractivity contribution in [3.05, 3.63) is 114 Å². The number of hydrogen-bond acceptors (Lipinski definition) is 7. The quantitative estimate of drug-likeness (QED) is 0.0832. The average Bonchev–Trinajstić information content (AvgIpc) is 3.12. The number of amides is 2. The van der Waals surface area contributed by atoms with Gasteiger partial charge in [0.15, 0.2) is 0 Å². The predicted molar refractivity (Wildman–Crippen MR) is 218 cm³/mol. The van der Waals surface area contributed by atoms with Gasteiger partial charge in [0.25, 0.3) is 0 Å². The molecule has 15 heteroatoms. The number of carbonyl (C=O) groups excluding carboxylic acids is 2. The van der Waals surface area contributed by atoms with Crippen LogP contribution in [0.15, 0.2) is 82.6 Å². The Bertz CT molecular complexity index is 1860. The zero-order valence-corrected chi connectivity index (χ0v) is 33.3. The molecule has 0 aliphatic rings. The first kappa shape index (κ1) is 43.0. The maximum atomic E-state index is 12.9. The Morgan fingerprint density at radius 1 is 0.547 bits per heavy atom. The zero-order valence-electron chi connectivity index (χ0n) is 27.9. The first-order valence-electron chi connectivity index (χ1n) is 16.0. The van der Waals surface area contributed by atoms with Crippen LogP contribution in [0.3, 0.4) is 0 Å². The van der Waals surface area contributed by atoms with Crippen LogP contribution in [-0.4, -0.2) is 94.6 Å². The summed E-state index contributed by atoms with van der Waals surface area (Å²) in [5, 5.41) is 39.6. The molecule has 4 rings (SSSR count). The minimum Gasteiger partial charge on any atom is -0.395 e. The van der Waals surface area contributed by atoms with Crippen LogP contribution in [0.25, 0.3) is 34.4 Å². The Morgan fingerprint density at radius 2 is 0.906 bits per heavy atom. The molecule has 0 spiro atoms.